The highest BCUT2D eigenvalue weighted by Crippen LogP contribution is 2.50. The molecule has 5 heterocycles. The van der Waals surface area contributed by atoms with Crippen molar-refractivity contribution in [3.05, 3.63) is 60.4 Å². The van der Waals surface area contributed by atoms with Gasteiger partial charge < -0.3 is 39.9 Å². The van der Waals surface area contributed by atoms with E-state index in [4.69, 9.17) is 9.72 Å². The van der Waals surface area contributed by atoms with Crippen LogP contribution in [-0.2, 0) is 19.1 Å². The first-order chi connectivity index (χ1) is 26.0. The van der Waals surface area contributed by atoms with E-state index in [1.54, 1.807) is 35.3 Å². The molecule has 284 valence electrons. The zero-order chi connectivity index (χ0) is 38.1. The van der Waals surface area contributed by atoms with Crippen molar-refractivity contribution in [3.8, 4) is 22.5 Å². The van der Waals surface area contributed by atoms with Crippen LogP contribution in [0.1, 0.15) is 70.2 Å². The van der Waals surface area contributed by atoms with Crippen LogP contribution < -0.4 is 10.6 Å². The van der Waals surface area contributed by atoms with Gasteiger partial charge in [0.2, 0.25) is 11.8 Å². The molecule has 3 aliphatic rings. The van der Waals surface area contributed by atoms with Crippen molar-refractivity contribution in [1.29, 1.82) is 0 Å². The molecule has 14 nitrogen and oxygen atoms in total. The Bertz CT molecular complexity index is 2070. The van der Waals surface area contributed by atoms with E-state index in [9.17, 15) is 19.2 Å². The van der Waals surface area contributed by atoms with E-state index >= 15 is 0 Å². The molecule has 0 aliphatic carbocycles. The van der Waals surface area contributed by atoms with Crippen LogP contribution in [0.3, 0.4) is 0 Å². The first kappa shape index (κ1) is 37.4. The number of hydrogen-bond donors (Lipinski definition) is 4. The molecule has 0 saturated carbocycles. The Morgan fingerprint density at radius 3 is 1.70 bits per heavy atom. The van der Waals surface area contributed by atoms with Crippen LogP contribution in [0.2, 0.25) is 0 Å². The van der Waals surface area contributed by atoms with Crippen LogP contribution in [0.25, 0.3) is 22.5 Å². The van der Waals surface area contributed by atoms with Crippen molar-refractivity contribution in [1.82, 2.24) is 40.4 Å². The largest absolute Gasteiger partial charge is 0.453 e. The molecular weight excluding hydrogens is 729 g/mol. The third kappa shape index (κ3) is 7.53. The summed E-state index contributed by atoms with van der Waals surface area (Å²) in [5.41, 5.74) is 3.72. The second kappa shape index (κ2) is 15.8. The Kier molecular flexibility index (Phi) is 10.9. The molecule has 4 atom stereocenters. The first-order valence-corrected chi connectivity index (χ1v) is 19.7. The third-order valence-electron chi connectivity index (χ3n) is 10.1. The van der Waals surface area contributed by atoms with Gasteiger partial charge >= 0.3 is 12.2 Å². The summed E-state index contributed by atoms with van der Waals surface area (Å²) in [5, 5.41) is 5.27. The number of rotatable bonds is 9. The monoisotopic (exact) mass is 772 g/mol. The Morgan fingerprint density at radius 2 is 1.20 bits per heavy atom. The lowest BCUT2D eigenvalue weighted by molar-refractivity contribution is -0.135. The van der Waals surface area contributed by atoms with E-state index in [1.807, 2.05) is 31.1 Å². The van der Waals surface area contributed by atoms with E-state index in [-0.39, 0.29) is 29.8 Å². The number of alkyl carbamates (subject to hydrolysis) is 2. The van der Waals surface area contributed by atoms with Gasteiger partial charge in [0.1, 0.15) is 23.7 Å². The SMILES string of the molecule is COC(=O)N[C@@H](C)C(=O)N1CCC[C@H]1c1ncc(-c2ccc3c(c2)Sc2cc(-c4cnc([C@@H]5CCCN5C(=O)[C@@H](NC(=O)OC)C(C)C)[nH]4)ccc2S3)[nH]1. The number of aromatic nitrogens is 4. The van der Waals surface area contributed by atoms with Crippen LogP contribution in [0.15, 0.2) is 68.4 Å². The second-order valence-electron chi connectivity index (χ2n) is 14.0. The fourth-order valence-corrected chi connectivity index (χ4v) is 9.55. The smallest absolute Gasteiger partial charge is 0.407 e. The van der Waals surface area contributed by atoms with Crippen LogP contribution in [-0.4, -0.2) is 93.1 Å². The number of nitrogens with zero attached hydrogens (tertiary/aromatic N) is 4. The maximum Gasteiger partial charge on any atom is 0.407 e. The second-order valence-corrected chi connectivity index (χ2v) is 16.2. The number of benzene rings is 2. The molecule has 2 aromatic heterocycles. The summed E-state index contributed by atoms with van der Waals surface area (Å²) in [5.74, 6) is 1.02. The minimum atomic E-state index is -0.712. The first-order valence-electron chi connectivity index (χ1n) is 18.1. The van der Waals surface area contributed by atoms with Gasteiger partial charge in [0.05, 0.1) is 50.1 Å². The summed E-state index contributed by atoms with van der Waals surface area (Å²) in [7, 11) is 2.56. The Labute approximate surface area is 321 Å². The normalized spacial score (nSPS) is 18.9. The van der Waals surface area contributed by atoms with Crippen molar-refractivity contribution in [2.75, 3.05) is 27.3 Å². The van der Waals surface area contributed by atoms with Gasteiger partial charge in [-0.3, -0.25) is 9.59 Å². The number of likely N-dealkylation sites (tertiary alicyclic amines) is 2. The van der Waals surface area contributed by atoms with Crippen LogP contribution in [0, 0.1) is 5.92 Å². The topological polar surface area (TPSA) is 175 Å². The van der Waals surface area contributed by atoms with Crippen molar-refractivity contribution in [2.24, 2.45) is 5.92 Å². The standard InChI is InChI=1S/C38H44N8O6S2/c1-20(2)32(44-38(50)52-5)36(48)46-15-7-9-27(46)34-40-19-25(43-34)23-11-13-29-31(17-23)54-30-16-22(10-12-28(30)53-29)24-18-39-33(42-24)26-8-6-14-45(26)35(47)21(3)41-37(49)51-4/h10-13,16-21,26-27,32H,6-9,14-15H2,1-5H3,(H,39,42)(H,40,43)(H,41,49)(H,44,50)/t21-,26-,27-,32-/m0/s1. The third-order valence-corrected chi connectivity index (χ3v) is 12.7. The van der Waals surface area contributed by atoms with Crippen LogP contribution in [0.4, 0.5) is 9.59 Å². The summed E-state index contributed by atoms with van der Waals surface area (Å²) in [6.07, 6.45) is 5.62. The number of carbonyl (C=O) groups excluding carboxylic acids is 4. The number of nitrogens with one attached hydrogen (secondary N) is 4. The van der Waals surface area contributed by atoms with Gasteiger partial charge in [-0.1, -0.05) is 49.5 Å². The highest BCUT2D eigenvalue weighted by atomic mass is 32.2. The van der Waals surface area contributed by atoms with Gasteiger partial charge in [0.15, 0.2) is 0 Å². The molecule has 4 amide bonds. The molecule has 3 aliphatic heterocycles. The fourth-order valence-electron chi connectivity index (χ4n) is 7.28. The van der Waals surface area contributed by atoms with Gasteiger partial charge in [0.25, 0.3) is 0 Å². The number of amides is 4. The zero-order valence-electron chi connectivity index (χ0n) is 30.8. The van der Waals surface area contributed by atoms with E-state index in [0.29, 0.717) is 13.1 Å². The Hall–Kier alpha value is -4.96. The highest BCUT2D eigenvalue weighted by molar-refractivity contribution is 8.05. The van der Waals surface area contributed by atoms with Gasteiger partial charge in [0, 0.05) is 43.8 Å². The maximum absolute atomic E-state index is 13.6. The van der Waals surface area contributed by atoms with Crippen LogP contribution >= 0.6 is 23.5 Å². The van der Waals surface area contributed by atoms with E-state index < -0.39 is 24.3 Å². The molecule has 16 heteroatoms. The van der Waals surface area contributed by atoms with Gasteiger partial charge in [-0.15, -0.1) is 0 Å². The lowest BCUT2D eigenvalue weighted by atomic mass is 10.0. The highest BCUT2D eigenvalue weighted by Gasteiger charge is 2.38. The molecule has 0 spiro atoms. The molecule has 0 unspecified atom stereocenters. The summed E-state index contributed by atoms with van der Waals surface area (Å²) >= 11 is 3.44. The molecule has 0 bridgehead atoms. The molecule has 0 radical (unpaired) electrons. The van der Waals surface area contributed by atoms with Crippen molar-refractivity contribution >= 4 is 47.5 Å². The maximum atomic E-state index is 13.6. The fraction of sp³-hybridized carbons (Fsp3) is 0.421. The molecule has 7 rings (SSSR count). The summed E-state index contributed by atoms with van der Waals surface area (Å²) in [6, 6.07) is 10.9. The number of ether oxygens (including phenoxy) is 2. The molecule has 2 fully saturated rings. The van der Waals surface area contributed by atoms with Gasteiger partial charge in [-0.25, -0.2) is 19.6 Å². The molecule has 4 aromatic rings. The molecule has 4 N–H and O–H groups in total. The Morgan fingerprint density at radius 1 is 0.722 bits per heavy atom. The van der Waals surface area contributed by atoms with Gasteiger partial charge in [-0.05, 0) is 62.8 Å². The summed E-state index contributed by atoms with van der Waals surface area (Å²) in [4.78, 5) is 75.0. The number of imidazole rings is 2. The lowest BCUT2D eigenvalue weighted by Gasteiger charge is -2.30. The van der Waals surface area contributed by atoms with E-state index in [2.05, 4.69) is 66.7 Å². The molecular formula is C38H44N8O6S2. The number of methoxy groups -OCH3 is 2. The van der Waals surface area contributed by atoms with E-state index in [0.717, 1.165) is 69.6 Å². The van der Waals surface area contributed by atoms with Gasteiger partial charge in [-0.2, -0.15) is 0 Å². The number of aromatic amines is 2. The Balaban J connectivity index is 1.05. The van der Waals surface area contributed by atoms with Crippen molar-refractivity contribution < 1.29 is 28.7 Å². The predicted octanol–water partition coefficient (Wildman–Crippen LogP) is 6.53. The van der Waals surface area contributed by atoms with Crippen LogP contribution in [0.5, 0.6) is 0 Å². The number of hydrogen-bond acceptors (Lipinski definition) is 10. The number of fused-ring (bicyclic) bond motifs is 2. The summed E-state index contributed by atoms with van der Waals surface area (Å²) in [6.45, 7) is 6.64. The van der Waals surface area contributed by atoms with Crippen molar-refractivity contribution in [2.45, 2.75) is 90.2 Å². The average Bonchev–Trinajstić information content (AvgIpc) is 4.01. The average molecular weight is 773 g/mol. The number of carbonyl (C=O) groups is 4. The van der Waals surface area contributed by atoms with Crippen molar-refractivity contribution in [3.63, 3.8) is 0 Å². The molecule has 2 saturated heterocycles. The zero-order valence-corrected chi connectivity index (χ0v) is 32.4. The number of H-pyrrole nitrogens is 2. The predicted molar refractivity (Wildman–Crippen MR) is 203 cm³/mol. The molecule has 2 aromatic carbocycles. The minimum Gasteiger partial charge on any atom is -0.453 e. The lowest BCUT2D eigenvalue weighted by Crippen LogP contribution is -2.51. The summed E-state index contributed by atoms with van der Waals surface area (Å²) < 4.78 is 9.43. The molecule has 54 heavy (non-hydrogen) atoms. The quantitative estimate of drug-likeness (QED) is 0.129. The minimum absolute atomic E-state index is 0.109. The van der Waals surface area contributed by atoms with E-state index in [1.165, 1.54) is 24.0 Å².